The zero-order chi connectivity index (χ0) is 19.9. The highest BCUT2D eigenvalue weighted by atomic mass is 35.5. The Morgan fingerprint density at radius 3 is 2.61 bits per heavy atom. The first-order valence-electron chi connectivity index (χ1n) is 8.64. The summed E-state index contributed by atoms with van der Waals surface area (Å²) >= 11 is 6.02. The molecule has 5 nitrogen and oxygen atoms in total. The van der Waals surface area contributed by atoms with Crippen molar-refractivity contribution in [1.82, 2.24) is 10.3 Å². The third-order valence-electron chi connectivity index (χ3n) is 4.06. The van der Waals surface area contributed by atoms with Gasteiger partial charge in [-0.2, -0.15) is 0 Å². The third-order valence-corrected chi connectivity index (χ3v) is 4.30. The summed E-state index contributed by atoms with van der Waals surface area (Å²) in [6, 6.07) is 14.8. The van der Waals surface area contributed by atoms with E-state index in [9.17, 15) is 9.18 Å². The minimum absolute atomic E-state index is 0.221. The quantitative estimate of drug-likeness (QED) is 0.609. The smallest absolute Gasteiger partial charge is 0.252 e. The lowest BCUT2D eigenvalue weighted by molar-refractivity contribution is 0.0954. The lowest BCUT2D eigenvalue weighted by atomic mass is 10.1. The molecule has 0 saturated heterocycles. The number of methoxy groups -OCH3 is 1. The molecule has 1 heterocycles. The van der Waals surface area contributed by atoms with E-state index in [0.717, 1.165) is 5.56 Å². The zero-order valence-electron chi connectivity index (χ0n) is 15.2. The van der Waals surface area contributed by atoms with Crippen LogP contribution >= 0.6 is 11.6 Å². The second-order valence-electron chi connectivity index (χ2n) is 6.03. The van der Waals surface area contributed by atoms with Gasteiger partial charge in [-0.1, -0.05) is 23.7 Å². The van der Waals surface area contributed by atoms with Crippen molar-refractivity contribution in [2.24, 2.45) is 0 Å². The topological polar surface area (TPSA) is 63.2 Å². The van der Waals surface area contributed by atoms with Gasteiger partial charge in [-0.15, -0.1) is 0 Å². The molecule has 1 aromatic heterocycles. The average Bonchev–Trinajstić information content (AvgIpc) is 2.70. The molecule has 28 heavy (non-hydrogen) atoms. The van der Waals surface area contributed by atoms with E-state index in [1.165, 1.54) is 18.3 Å². The first-order valence-corrected chi connectivity index (χ1v) is 9.02. The molecule has 0 aliphatic carbocycles. The van der Waals surface area contributed by atoms with E-state index in [0.29, 0.717) is 40.8 Å². The van der Waals surface area contributed by atoms with Crippen molar-refractivity contribution in [3.8, 4) is 5.75 Å². The molecule has 0 unspecified atom stereocenters. The summed E-state index contributed by atoms with van der Waals surface area (Å²) in [5.41, 5.74) is 2.08. The highest BCUT2D eigenvalue weighted by Gasteiger charge is 2.08. The van der Waals surface area contributed by atoms with Gasteiger partial charge in [0.05, 0.1) is 18.4 Å². The van der Waals surface area contributed by atoms with E-state index < -0.39 is 0 Å². The van der Waals surface area contributed by atoms with Gasteiger partial charge < -0.3 is 15.4 Å². The van der Waals surface area contributed by atoms with Gasteiger partial charge in [0.15, 0.2) is 0 Å². The SMILES string of the molecule is COc1ccc(Cl)cc1Nc1ccc(C(=O)NCCc2ccc(F)cc2)cn1. The summed E-state index contributed by atoms with van der Waals surface area (Å²) in [6.45, 7) is 0.449. The molecule has 3 aromatic rings. The lowest BCUT2D eigenvalue weighted by Crippen LogP contribution is -2.25. The van der Waals surface area contributed by atoms with Crippen LogP contribution in [-0.2, 0) is 6.42 Å². The van der Waals surface area contributed by atoms with Crippen molar-refractivity contribution >= 4 is 29.0 Å². The molecule has 0 fully saturated rings. The molecule has 0 saturated carbocycles. The minimum Gasteiger partial charge on any atom is -0.495 e. The molecule has 0 radical (unpaired) electrons. The van der Waals surface area contributed by atoms with Crippen LogP contribution in [0.4, 0.5) is 15.9 Å². The predicted molar refractivity (Wildman–Crippen MR) is 108 cm³/mol. The number of carbonyl (C=O) groups excluding carboxylic acids is 1. The Morgan fingerprint density at radius 2 is 1.93 bits per heavy atom. The number of benzene rings is 2. The fraction of sp³-hybridized carbons (Fsp3) is 0.143. The highest BCUT2D eigenvalue weighted by Crippen LogP contribution is 2.29. The van der Waals surface area contributed by atoms with Gasteiger partial charge in [-0.25, -0.2) is 9.37 Å². The second-order valence-corrected chi connectivity index (χ2v) is 6.47. The Hall–Kier alpha value is -3.12. The van der Waals surface area contributed by atoms with Crippen molar-refractivity contribution in [2.45, 2.75) is 6.42 Å². The van der Waals surface area contributed by atoms with Crippen molar-refractivity contribution in [2.75, 3.05) is 19.0 Å². The zero-order valence-corrected chi connectivity index (χ0v) is 16.0. The van der Waals surface area contributed by atoms with Gasteiger partial charge in [0.2, 0.25) is 0 Å². The van der Waals surface area contributed by atoms with Gasteiger partial charge >= 0.3 is 0 Å². The van der Waals surface area contributed by atoms with Crippen molar-refractivity contribution in [3.63, 3.8) is 0 Å². The summed E-state index contributed by atoms with van der Waals surface area (Å²) in [6.07, 6.45) is 2.11. The number of aromatic nitrogens is 1. The van der Waals surface area contributed by atoms with Crippen molar-refractivity contribution in [1.29, 1.82) is 0 Å². The van der Waals surface area contributed by atoms with Crippen molar-refractivity contribution in [3.05, 3.63) is 82.8 Å². The number of hydrogen-bond acceptors (Lipinski definition) is 4. The van der Waals surface area contributed by atoms with Gasteiger partial charge in [-0.3, -0.25) is 4.79 Å². The monoisotopic (exact) mass is 399 g/mol. The fourth-order valence-electron chi connectivity index (χ4n) is 2.59. The van der Waals surface area contributed by atoms with E-state index in [1.807, 2.05) is 0 Å². The van der Waals surface area contributed by atoms with Crippen LogP contribution in [0.15, 0.2) is 60.8 Å². The largest absolute Gasteiger partial charge is 0.495 e. The molecule has 3 rings (SSSR count). The molecule has 0 atom stereocenters. The Morgan fingerprint density at radius 1 is 1.14 bits per heavy atom. The number of hydrogen-bond donors (Lipinski definition) is 2. The fourth-order valence-corrected chi connectivity index (χ4v) is 2.76. The third kappa shape index (κ3) is 5.20. The molecule has 0 aliphatic rings. The summed E-state index contributed by atoms with van der Waals surface area (Å²) in [5.74, 6) is 0.696. The number of halogens is 2. The van der Waals surface area contributed by atoms with Crippen LogP contribution in [0.25, 0.3) is 0 Å². The molecule has 1 amide bonds. The van der Waals surface area contributed by atoms with E-state index in [1.54, 1.807) is 49.6 Å². The number of anilines is 2. The van der Waals surface area contributed by atoms with E-state index in [2.05, 4.69) is 15.6 Å². The van der Waals surface area contributed by atoms with Gasteiger partial charge in [0.25, 0.3) is 5.91 Å². The lowest BCUT2D eigenvalue weighted by Gasteiger charge is -2.11. The number of amides is 1. The first kappa shape index (κ1) is 19.6. The Kier molecular flexibility index (Phi) is 6.45. The number of carbonyl (C=O) groups is 1. The highest BCUT2D eigenvalue weighted by molar-refractivity contribution is 6.31. The molecule has 0 bridgehead atoms. The summed E-state index contributed by atoms with van der Waals surface area (Å²) in [7, 11) is 1.57. The van der Waals surface area contributed by atoms with Crippen LogP contribution in [0, 0.1) is 5.82 Å². The number of nitrogens with one attached hydrogen (secondary N) is 2. The maximum atomic E-state index is 12.9. The Bertz CT molecular complexity index is 947. The van der Waals surface area contributed by atoms with E-state index in [4.69, 9.17) is 16.3 Å². The van der Waals surface area contributed by atoms with Gasteiger partial charge in [0.1, 0.15) is 17.4 Å². The maximum Gasteiger partial charge on any atom is 0.252 e. The normalized spacial score (nSPS) is 10.4. The molecular weight excluding hydrogens is 381 g/mol. The number of rotatable bonds is 7. The summed E-state index contributed by atoms with van der Waals surface area (Å²) in [5, 5.41) is 6.51. The molecule has 2 N–H and O–H groups in total. The average molecular weight is 400 g/mol. The number of pyridine rings is 1. The van der Waals surface area contributed by atoms with Crippen molar-refractivity contribution < 1.29 is 13.9 Å². The van der Waals surface area contributed by atoms with Crippen LogP contribution in [0.3, 0.4) is 0 Å². The van der Waals surface area contributed by atoms with Crippen LogP contribution in [-0.4, -0.2) is 24.5 Å². The van der Waals surface area contributed by atoms with Crippen LogP contribution in [0.1, 0.15) is 15.9 Å². The predicted octanol–water partition coefficient (Wildman–Crippen LogP) is 4.60. The Labute approximate surface area is 167 Å². The van der Waals surface area contributed by atoms with Crippen LogP contribution in [0.2, 0.25) is 5.02 Å². The molecule has 144 valence electrons. The molecule has 0 spiro atoms. The standard InChI is InChI=1S/C21H19ClFN3O2/c1-28-19-8-5-16(22)12-18(19)26-20-9-4-15(13-25-20)21(27)24-11-10-14-2-6-17(23)7-3-14/h2-9,12-13H,10-11H2,1H3,(H,24,27)(H,25,26). The number of ether oxygens (including phenoxy) is 1. The van der Waals surface area contributed by atoms with Gasteiger partial charge in [-0.05, 0) is 54.4 Å². The molecular formula is C21H19ClFN3O2. The molecule has 0 aliphatic heterocycles. The Balaban J connectivity index is 1.57. The van der Waals surface area contributed by atoms with E-state index >= 15 is 0 Å². The maximum absolute atomic E-state index is 12.9. The molecule has 7 heteroatoms. The molecule has 2 aromatic carbocycles. The van der Waals surface area contributed by atoms with Crippen LogP contribution < -0.4 is 15.4 Å². The second kappa shape index (κ2) is 9.19. The summed E-state index contributed by atoms with van der Waals surface area (Å²) < 4.78 is 18.2. The number of nitrogens with zero attached hydrogens (tertiary/aromatic N) is 1. The van der Waals surface area contributed by atoms with Gasteiger partial charge in [0, 0.05) is 17.8 Å². The minimum atomic E-state index is -0.275. The first-order chi connectivity index (χ1) is 13.5. The summed E-state index contributed by atoms with van der Waals surface area (Å²) in [4.78, 5) is 16.5. The van der Waals surface area contributed by atoms with Crippen LogP contribution in [0.5, 0.6) is 5.75 Å². The van der Waals surface area contributed by atoms with E-state index in [-0.39, 0.29) is 11.7 Å².